The first kappa shape index (κ1) is 13.4. The van der Waals surface area contributed by atoms with Crippen molar-refractivity contribution in [1.29, 1.82) is 0 Å². The predicted octanol–water partition coefficient (Wildman–Crippen LogP) is -2.31. The molecule has 1 fully saturated rings. The fourth-order valence-electron chi connectivity index (χ4n) is 1.04. The fourth-order valence-corrected chi connectivity index (χ4v) is 1.04. The molecule has 1 rings (SSSR count). The van der Waals surface area contributed by atoms with Gasteiger partial charge in [0.25, 0.3) is 0 Å². The van der Waals surface area contributed by atoms with Crippen LogP contribution in [-0.4, -0.2) is 36.8 Å². The third kappa shape index (κ3) is 4.42. The summed E-state index contributed by atoms with van der Waals surface area (Å²) in [5, 5.41) is 1.69. The van der Waals surface area contributed by atoms with Gasteiger partial charge in [0, 0.05) is 6.42 Å². The number of carbonyl (C=O) groups excluding carboxylic acids is 1. The smallest absolute Gasteiger partial charge is 1.00 e. The maximum atomic E-state index is 10.9. The molecule has 72 valence electrons. The Hall–Kier alpha value is 0.390. The summed E-state index contributed by atoms with van der Waals surface area (Å²) in [5.41, 5.74) is 0. The summed E-state index contributed by atoms with van der Waals surface area (Å²) in [6.45, 7) is 5.71. The van der Waals surface area contributed by atoms with Crippen LogP contribution in [-0.2, 0) is 14.4 Å². The molecule has 4 nitrogen and oxygen atoms in total. The van der Waals surface area contributed by atoms with Gasteiger partial charge in [0.15, 0.2) is 0 Å². The second kappa shape index (κ2) is 6.79. The molecule has 1 atom stereocenters. The summed E-state index contributed by atoms with van der Waals surface area (Å²) in [6, 6.07) is 0.175. The Morgan fingerprint density at radius 1 is 1.77 bits per heavy atom. The Balaban J connectivity index is 0. The molecule has 0 saturated carbocycles. The van der Waals surface area contributed by atoms with Crippen molar-refractivity contribution in [1.82, 2.24) is 5.06 Å². The van der Waals surface area contributed by atoms with E-state index in [1.165, 1.54) is 0 Å². The van der Waals surface area contributed by atoms with Gasteiger partial charge in [-0.2, -0.15) is 0 Å². The van der Waals surface area contributed by atoms with Crippen molar-refractivity contribution in [2.75, 3.05) is 19.8 Å². The molecule has 1 aliphatic heterocycles. The molecule has 1 aliphatic rings. The van der Waals surface area contributed by atoms with E-state index in [1.54, 1.807) is 12.0 Å². The van der Waals surface area contributed by atoms with Crippen LogP contribution in [0, 0.1) is 0 Å². The normalized spacial score (nSPS) is 23.4. The van der Waals surface area contributed by atoms with Crippen LogP contribution < -0.4 is 29.6 Å². The Bertz CT molecular complexity index is 171. The van der Waals surface area contributed by atoms with E-state index in [2.05, 4.69) is 0 Å². The van der Waals surface area contributed by atoms with Gasteiger partial charge >= 0.3 is 35.5 Å². The van der Waals surface area contributed by atoms with Crippen molar-refractivity contribution < 1.29 is 45.4 Å². The molecular weight excluding hydrogens is 181 g/mol. The number of hydrogen-bond acceptors (Lipinski definition) is 4. The van der Waals surface area contributed by atoms with Gasteiger partial charge in [-0.3, -0.25) is 4.79 Å². The average Bonchev–Trinajstić information content (AvgIpc) is 2.09. The maximum Gasteiger partial charge on any atom is 1.00 e. The van der Waals surface area contributed by atoms with E-state index >= 15 is 0 Å². The first-order chi connectivity index (χ1) is 5.74. The van der Waals surface area contributed by atoms with Gasteiger partial charge in [-0.25, -0.2) is 0 Å². The van der Waals surface area contributed by atoms with Gasteiger partial charge in [-0.15, -0.1) is 5.06 Å². The maximum absolute atomic E-state index is 10.9. The quantitative estimate of drug-likeness (QED) is 0.466. The van der Waals surface area contributed by atoms with Crippen LogP contribution in [0.15, 0.2) is 0 Å². The molecule has 0 radical (unpaired) electrons. The molecule has 0 N–H and O–H groups in total. The summed E-state index contributed by atoms with van der Waals surface area (Å²) in [4.78, 5) is 16.0. The van der Waals surface area contributed by atoms with Crippen LogP contribution in [0.1, 0.15) is 21.7 Å². The Morgan fingerprint density at radius 2 is 2.46 bits per heavy atom. The summed E-state index contributed by atoms with van der Waals surface area (Å²) in [6.07, 6.45) is 0.421. The number of ether oxygens (including phenoxy) is 1. The van der Waals surface area contributed by atoms with Crippen molar-refractivity contribution in [3.05, 3.63) is 0 Å². The number of rotatable bonds is 2. The van der Waals surface area contributed by atoms with Gasteiger partial charge < -0.3 is 11.0 Å². The van der Waals surface area contributed by atoms with Crippen molar-refractivity contribution in [3.8, 4) is 0 Å². The fraction of sp³-hybridized carbons (Fsp3) is 0.875. The van der Waals surface area contributed by atoms with Gasteiger partial charge in [0.05, 0.1) is 25.8 Å². The van der Waals surface area contributed by atoms with Crippen molar-refractivity contribution >= 4 is 5.97 Å². The topological polar surface area (TPSA) is 38.8 Å². The third-order valence-electron chi connectivity index (χ3n) is 1.81. The van der Waals surface area contributed by atoms with Crippen LogP contribution >= 0.6 is 0 Å². The molecule has 13 heavy (non-hydrogen) atoms. The van der Waals surface area contributed by atoms with Gasteiger partial charge in [-0.05, 0) is 6.92 Å². The van der Waals surface area contributed by atoms with Crippen LogP contribution in [0.5, 0.6) is 0 Å². The summed E-state index contributed by atoms with van der Waals surface area (Å²) >= 11 is 0. The van der Waals surface area contributed by atoms with Crippen molar-refractivity contribution in [2.45, 2.75) is 26.3 Å². The van der Waals surface area contributed by atoms with E-state index in [0.717, 1.165) is 0 Å². The van der Waals surface area contributed by atoms with E-state index in [1.807, 2.05) is 6.92 Å². The Labute approximate surface area is 102 Å². The second-order valence-corrected chi connectivity index (χ2v) is 2.88. The monoisotopic (exact) mass is 197 g/mol. The molecule has 0 amide bonds. The number of morpholine rings is 1. The van der Waals surface area contributed by atoms with Gasteiger partial charge in [-0.1, -0.05) is 6.92 Å². The zero-order valence-electron chi connectivity index (χ0n) is 9.58. The third-order valence-corrected chi connectivity index (χ3v) is 1.81. The van der Waals surface area contributed by atoms with Crippen molar-refractivity contribution in [2.24, 2.45) is 0 Å². The molecule has 1 saturated heterocycles. The predicted molar refractivity (Wildman–Crippen MR) is 44.5 cm³/mol. The van der Waals surface area contributed by atoms with E-state index in [0.29, 0.717) is 26.2 Å². The minimum atomic E-state index is -0.177. The van der Waals surface area contributed by atoms with Crippen LogP contribution in [0.2, 0.25) is 0 Å². The Kier molecular flexibility index (Phi) is 6.99. The molecule has 5 heteroatoms. The van der Waals surface area contributed by atoms with Crippen LogP contribution in [0.25, 0.3) is 0 Å². The summed E-state index contributed by atoms with van der Waals surface area (Å²) < 4.78 is 5.19. The molecule has 0 spiro atoms. The Morgan fingerprint density at radius 3 is 3.00 bits per heavy atom. The standard InChI is InChI=1S/C8H15NO3.Na.H/c1-3-8(10)12-9-4-5-11-6-7(9)2;;/h7H,3-6H2,1-2H3;;/q;+1;-1. The first-order valence-electron chi connectivity index (χ1n) is 4.29. The second-order valence-electron chi connectivity index (χ2n) is 2.88. The molecule has 0 aromatic carbocycles. The molecule has 1 heterocycles. The summed E-state index contributed by atoms with van der Waals surface area (Å²) in [7, 11) is 0. The molecule has 0 aliphatic carbocycles. The molecule has 0 aromatic rings. The molecule has 0 bridgehead atoms. The van der Waals surface area contributed by atoms with Crippen molar-refractivity contribution in [3.63, 3.8) is 0 Å². The van der Waals surface area contributed by atoms with E-state index in [9.17, 15) is 4.79 Å². The average molecular weight is 197 g/mol. The van der Waals surface area contributed by atoms with E-state index < -0.39 is 0 Å². The molecular formula is C8H16NNaO3. The van der Waals surface area contributed by atoms with Gasteiger partial charge in [0.1, 0.15) is 0 Å². The number of hydrogen-bond donors (Lipinski definition) is 0. The van der Waals surface area contributed by atoms with Gasteiger partial charge in [0.2, 0.25) is 0 Å². The minimum Gasteiger partial charge on any atom is -1.00 e. The first-order valence-corrected chi connectivity index (χ1v) is 4.29. The molecule has 0 aromatic heterocycles. The SMILES string of the molecule is CCC(=O)ON1CCOCC1C.[H-].[Na+]. The zero-order chi connectivity index (χ0) is 8.97. The summed E-state index contributed by atoms with van der Waals surface area (Å²) in [5.74, 6) is -0.177. The minimum absolute atomic E-state index is 0. The van der Waals surface area contributed by atoms with Crippen LogP contribution in [0.3, 0.4) is 0 Å². The number of hydroxylamine groups is 2. The number of nitrogens with zero attached hydrogens (tertiary/aromatic N) is 1. The molecule has 1 unspecified atom stereocenters. The zero-order valence-corrected chi connectivity index (χ0v) is 10.6. The van der Waals surface area contributed by atoms with Crippen LogP contribution in [0.4, 0.5) is 0 Å². The van der Waals surface area contributed by atoms with E-state index in [4.69, 9.17) is 9.57 Å². The largest absolute Gasteiger partial charge is 1.00 e. The van der Waals surface area contributed by atoms with E-state index in [-0.39, 0.29) is 43.0 Å². The number of carbonyl (C=O) groups is 1.